The van der Waals surface area contributed by atoms with Gasteiger partial charge in [0.25, 0.3) is 0 Å². The number of aldehydes is 1. The maximum atomic E-state index is 13.1. The molecular weight excluding hydrogens is 446 g/mol. The summed E-state index contributed by atoms with van der Waals surface area (Å²) in [5.74, 6) is -2.53. The summed E-state index contributed by atoms with van der Waals surface area (Å²) in [5, 5.41) is 0. The Balaban J connectivity index is 2.29. The van der Waals surface area contributed by atoms with Gasteiger partial charge >= 0.3 is 12.1 Å². The Morgan fingerprint density at radius 3 is 2.00 bits per heavy atom. The van der Waals surface area contributed by atoms with Crippen LogP contribution in [0.1, 0.15) is 51.7 Å². The second-order valence-corrected chi connectivity index (χ2v) is 9.51. The summed E-state index contributed by atoms with van der Waals surface area (Å²) in [6.45, 7) is 6.86. The molecule has 0 aliphatic heterocycles. The molecule has 1 unspecified atom stereocenters. The second-order valence-electron chi connectivity index (χ2n) is 9.51. The van der Waals surface area contributed by atoms with E-state index >= 15 is 0 Å². The Morgan fingerprint density at radius 1 is 0.914 bits per heavy atom. The fourth-order valence-electron chi connectivity index (χ4n) is 3.70. The predicted octanol–water partition coefficient (Wildman–Crippen LogP) is 4.97. The van der Waals surface area contributed by atoms with Gasteiger partial charge in [-0.3, -0.25) is 9.59 Å². The minimum Gasteiger partial charge on any atom is -0.460 e. The Bertz CT molecular complexity index is 968. The van der Waals surface area contributed by atoms with Gasteiger partial charge in [-0.05, 0) is 45.2 Å². The Labute approximate surface area is 207 Å². The molecule has 0 spiro atoms. The quantitative estimate of drug-likeness (QED) is 0.314. The number of nitrogens with zero attached hydrogens (tertiary/aromatic N) is 1. The van der Waals surface area contributed by atoms with Gasteiger partial charge in [0.15, 0.2) is 0 Å². The van der Waals surface area contributed by atoms with E-state index in [0.29, 0.717) is 6.29 Å². The maximum absolute atomic E-state index is 13.1. The molecule has 0 saturated heterocycles. The van der Waals surface area contributed by atoms with E-state index in [-0.39, 0.29) is 38.3 Å². The lowest BCUT2D eigenvalue weighted by molar-refractivity contribution is -0.164. The first kappa shape index (κ1) is 27.8. The zero-order valence-corrected chi connectivity index (χ0v) is 20.9. The molecule has 35 heavy (non-hydrogen) atoms. The van der Waals surface area contributed by atoms with E-state index < -0.39 is 29.5 Å². The third-order valence-electron chi connectivity index (χ3n) is 5.41. The van der Waals surface area contributed by atoms with Crippen LogP contribution < -0.4 is 0 Å². The number of Topliss-reactive ketones (excluding diaryl/α,β-unsaturated/α-hetero) is 1. The SMILES string of the molecule is CC(=O)C(CN(Cc1ccccc1)C(=O)OCc1ccccc1)[C@H](CCC=O)C(=O)OC(C)(C)C. The lowest BCUT2D eigenvalue weighted by Crippen LogP contribution is -2.43. The number of carbonyl (C=O) groups is 4. The van der Waals surface area contributed by atoms with Crippen molar-refractivity contribution in [2.45, 2.75) is 59.3 Å². The molecule has 2 atom stereocenters. The molecule has 7 heteroatoms. The number of amides is 1. The largest absolute Gasteiger partial charge is 0.460 e. The molecule has 0 saturated carbocycles. The molecule has 0 aromatic heterocycles. The van der Waals surface area contributed by atoms with Crippen LogP contribution in [0, 0.1) is 11.8 Å². The van der Waals surface area contributed by atoms with E-state index in [1.165, 1.54) is 11.8 Å². The molecule has 0 radical (unpaired) electrons. The Hall–Kier alpha value is -3.48. The summed E-state index contributed by atoms with van der Waals surface area (Å²) in [6.07, 6.45) is 0.373. The number of benzene rings is 2. The molecule has 7 nitrogen and oxygen atoms in total. The normalized spacial score (nSPS) is 12.8. The highest BCUT2D eigenvalue weighted by Crippen LogP contribution is 2.25. The molecule has 2 aromatic carbocycles. The molecule has 0 aliphatic rings. The number of hydrogen-bond acceptors (Lipinski definition) is 6. The van der Waals surface area contributed by atoms with Crippen LogP contribution in [0.4, 0.5) is 4.79 Å². The van der Waals surface area contributed by atoms with Gasteiger partial charge in [0.2, 0.25) is 0 Å². The van der Waals surface area contributed by atoms with Crippen molar-refractivity contribution in [3.8, 4) is 0 Å². The van der Waals surface area contributed by atoms with Crippen molar-refractivity contribution < 1.29 is 28.7 Å². The fourth-order valence-corrected chi connectivity index (χ4v) is 3.70. The topological polar surface area (TPSA) is 90.0 Å². The summed E-state index contributed by atoms with van der Waals surface area (Å²) >= 11 is 0. The number of hydrogen-bond donors (Lipinski definition) is 0. The lowest BCUT2D eigenvalue weighted by Gasteiger charge is -2.31. The molecule has 0 N–H and O–H groups in total. The maximum Gasteiger partial charge on any atom is 0.410 e. The van der Waals surface area contributed by atoms with Crippen LogP contribution in [-0.4, -0.2) is 41.2 Å². The molecule has 2 rings (SSSR count). The number of ketones is 1. The van der Waals surface area contributed by atoms with Gasteiger partial charge in [-0.1, -0.05) is 60.7 Å². The van der Waals surface area contributed by atoms with Crippen LogP contribution in [-0.2, 0) is 37.0 Å². The van der Waals surface area contributed by atoms with Crippen LogP contribution in [0.3, 0.4) is 0 Å². The van der Waals surface area contributed by atoms with Crippen LogP contribution >= 0.6 is 0 Å². The number of ether oxygens (including phenoxy) is 2. The van der Waals surface area contributed by atoms with E-state index in [0.717, 1.165) is 11.1 Å². The summed E-state index contributed by atoms with van der Waals surface area (Å²) < 4.78 is 11.1. The zero-order chi connectivity index (χ0) is 25.8. The first-order chi connectivity index (χ1) is 16.6. The molecule has 188 valence electrons. The standard InChI is InChI=1S/C28H35NO6/c1-21(31)25(24(16-11-17-30)26(32)35-28(2,3)4)19-29(18-22-12-7-5-8-13-22)27(33)34-20-23-14-9-6-10-15-23/h5-10,12-15,17,24-25H,11,16,18-20H2,1-4H3/t24-,25?/m0/s1. The van der Waals surface area contributed by atoms with Crippen molar-refractivity contribution in [1.82, 2.24) is 4.90 Å². The number of rotatable bonds is 12. The number of esters is 1. The number of carbonyl (C=O) groups excluding carboxylic acids is 4. The van der Waals surface area contributed by atoms with Crippen LogP contribution in [0.2, 0.25) is 0 Å². The average molecular weight is 482 g/mol. The van der Waals surface area contributed by atoms with E-state index in [1.54, 1.807) is 20.8 Å². The van der Waals surface area contributed by atoms with Crippen molar-refractivity contribution >= 4 is 24.1 Å². The van der Waals surface area contributed by atoms with Crippen LogP contribution in [0.15, 0.2) is 60.7 Å². The van der Waals surface area contributed by atoms with Crippen molar-refractivity contribution in [3.05, 3.63) is 71.8 Å². The van der Waals surface area contributed by atoms with Crippen LogP contribution in [0.5, 0.6) is 0 Å². The van der Waals surface area contributed by atoms with Gasteiger partial charge in [0, 0.05) is 25.4 Å². The van der Waals surface area contributed by atoms with E-state index in [1.807, 2.05) is 60.7 Å². The van der Waals surface area contributed by atoms with Gasteiger partial charge in [0.05, 0.1) is 5.92 Å². The smallest absolute Gasteiger partial charge is 0.410 e. The van der Waals surface area contributed by atoms with Gasteiger partial charge in [-0.15, -0.1) is 0 Å². The highest BCUT2D eigenvalue weighted by atomic mass is 16.6. The lowest BCUT2D eigenvalue weighted by atomic mass is 9.85. The van der Waals surface area contributed by atoms with Gasteiger partial charge in [-0.2, -0.15) is 0 Å². The first-order valence-corrected chi connectivity index (χ1v) is 11.8. The average Bonchev–Trinajstić information content (AvgIpc) is 2.81. The van der Waals surface area contributed by atoms with Crippen molar-refractivity contribution in [3.63, 3.8) is 0 Å². The van der Waals surface area contributed by atoms with E-state index in [9.17, 15) is 19.2 Å². The van der Waals surface area contributed by atoms with Crippen molar-refractivity contribution in [2.75, 3.05) is 6.54 Å². The van der Waals surface area contributed by atoms with Gasteiger partial charge < -0.3 is 19.2 Å². The summed E-state index contributed by atoms with van der Waals surface area (Å²) in [5.41, 5.74) is 0.935. The minimum atomic E-state index is -0.864. The monoisotopic (exact) mass is 481 g/mol. The zero-order valence-electron chi connectivity index (χ0n) is 20.9. The van der Waals surface area contributed by atoms with Gasteiger partial charge in [0.1, 0.15) is 24.3 Å². The van der Waals surface area contributed by atoms with Crippen molar-refractivity contribution in [2.24, 2.45) is 11.8 Å². The summed E-state index contributed by atoms with van der Waals surface area (Å²) in [6, 6.07) is 18.6. The third kappa shape index (κ3) is 9.73. The highest BCUT2D eigenvalue weighted by Gasteiger charge is 2.37. The Morgan fingerprint density at radius 2 is 1.49 bits per heavy atom. The van der Waals surface area contributed by atoms with E-state index in [4.69, 9.17) is 9.47 Å². The fraction of sp³-hybridized carbons (Fsp3) is 0.429. The molecule has 2 aromatic rings. The second kappa shape index (κ2) is 13.4. The summed E-state index contributed by atoms with van der Waals surface area (Å²) in [7, 11) is 0. The van der Waals surface area contributed by atoms with Crippen molar-refractivity contribution in [1.29, 1.82) is 0 Å². The first-order valence-electron chi connectivity index (χ1n) is 11.8. The predicted molar refractivity (Wildman–Crippen MR) is 132 cm³/mol. The van der Waals surface area contributed by atoms with E-state index in [2.05, 4.69) is 0 Å². The molecule has 1 amide bonds. The Kier molecular flexibility index (Phi) is 10.6. The highest BCUT2D eigenvalue weighted by molar-refractivity contribution is 5.86. The molecule has 0 heterocycles. The third-order valence-corrected chi connectivity index (χ3v) is 5.41. The molecule has 0 fully saturated rings. The molecular formula is C28H35NO6. The molecule has 0 aliphatic carbocycles. The van der Waals surface area contributed by atoms with Gasteiger partial charge in [-0.25, -0.2) is 4.79 Å². The van der Waals surface area contributed by atoms with Crippen LogP contribution in [0.25, 0.3) is 0 Å². The summed E-state index contributed by atoms with van der Waals surface area (Å²) in [4.78, 5) is 51.4. The molecule has 0 bridgehead atoms. The minimum absolute atomic E-state index is 0.0411.